The van der Waals surface area contributed by atoms with E-state index in [0.717, 1.165) is 5.56 Å². The van der Waals surface area contributed by atoms with Gasteiger partial charge in [-0.3, -0.25) is 4.79 Å². The van der Waals surface area contributed by atoms with Crippen LogP contribution in [0.2, 0.25) is 0 Å². The number of nitrogens with two attached hydrogens (primary N) is 1. The van der Waals surface area contributed by atoms with Crippen LogP contribution in [0.15, 0.2) is 24.3 Å². The van der Waals surface area contributed by atoms with E-state index in [1.54, 1.807) is 6.07 Å². The van der Waals surface area contributed by atoms with Gasteiger partial charge in [0.05, 0.1) is 19.6 Å². The first-order chi connectivity index (χ1) is 6.70. The van der Waals surface area contributed by atoms with E-state index in [1.807, 2.05) is 18.2 Å². The number of carboxylic acid groups (broad SMARTS) is 1. The molecule has 0 aliphatic heterocycles. The van der Waals surface area contributed by atoms with Crippen molar-refractivity contribution in [2.75, 3.05) is 12.3 Å². The van der Waals surface area contributed by atoms with Gasteiger partial charge in [0.2, 0.25) is 0 Å². The van der Waals surface area contributed by atoms with E-state index in [2.05, 4.69) is 0 Å². The minimum Gasteiger partial charge on any atom is -0.481 e. The van der Waals surface area contributed by atoms with Crippen LogP contribution in [0.5, 0.6) is 0 Å². The number of hydrogen-bond acceptors (Lipinski definition) is 3. The Bertz CT molecular complexity index is 312. The minimum absolute atomic E-state index is 0.0206. The Morgan fingerprint density at radius 2 is 2.14 bits per heavy atom. The average Bonchev–Trinajstić information content (AvgIpc) is 2.15. The number of rotatable bonds is 5. The summed E-state index contributed by atoms with van der Waals surface area (Å²) in [6, 6.07) is 7.36. The molecule has 4 nitrogen and oxygen atoms in total. The van der Waals surface area contributed by atoms with Gasteiger partial charge in [-0.1, -0.05) is 18.2 Å². The van der Waals surface area contributed by atoms with Gasteiger partial charge in [-0.25, -0.2) is 0 Å². The average molecular weight is 195 g/mol. The summed E-state index contributed by atoms with van der Waals surface area (Å²) in [6.45, 7) is 0.573. The molecule has 0 aliphatic carbocycles. The Kier molecular flexibility index (Phi) is 3.94. The quantitative estimate of drug-likeness (QED) is 0.548. The second kappa shape index (κ2) is 5.24. The normalized spacial score (nSPS) is 10.0. The standard InChI is InChI=1S/C10H13NO3/c11-9-4-2-1-3-8(9)7-14-6-5-10(12)13/h1-4H,5-7,11H2,(H,12,13). The Morgan fingerprint density at radius 1 is 1.43 bits per heavy atom. The predicted molar refractivity (Wildman–Crippen MR) is 52.8 cm³/mol. The zero-order valence-electron chi connectivity index (χ0n) is 7.77. The molecule has 0 unspecified atom stereocenters. The van der Waals surface area contributed by atoms with E-state index in [0.29, 0.717) is 12.3 Å². The molecule has 14 heavy (non-hydrogen) atoms. The highest BCUT2D eigenvalue weighted by molar-refractivity contribution is 5.66. The Balaban J connectivity index is 2.31. The molecule has 0 spiro atoms. The molecule has 76 valence electrons. The fourth-order valence-corrected chi connectivity index (χ4v) is 1.01. The van der Waals surface area contributed by atoms with Crippen molar-refractivity contribution in [1.29, 1.82) is 0 Å². The van der Waals surface area contributed by atoms with Gasteiger partial charge < -0.3 is 15.6 Å². The van der Waals surface area contributed by atoms with Crippen molar-refractivity contribution >= 4 is 11.7 Å². The molecule has 1 aromatic carbocycles. The maximum Gasteiger partial charge on any atom is 0.305 e. The van der Waals surface area contributed by atoms with Crippen molar-refractivity contribution in [3.8, 4) is 0 Å². The molecule has 0 heterocycles. The van der Waals surface area contributed by atoms with E-state index in [1.165, 1.54) is 0 Å². The summed E-state index contributed by atoms with van der Waals surface area (Å²) in [5.41, 5.74) is 7.22. The first-order valence-electron chi connectivity index (χ1n) is 4.33. The summed E-state index contributed by atoms with van der Waals surface area (Å²) >= 11 is 0. The van der Waals surface area contributed by atoms with Gasteiger partial charge in [0.1, 0.15) is 0 Å². The third kappa shape index (κ3) is 3.45. The van der Waals surface area contributed by atoms with Crippen molar-refractivity contribution in [3.05, 3.63) is 29.8 Å². The lowest BCUT2D eigenvalue weighted by Crippen LogP contribution is -2.03. The van der Waals surface area contributed by atoms with E-state index < -0.39 is 5.97 Å². The first kappa shape index (κ1) is 10.5. The highest BCUT2D eigenvalue weighted by atomic mass is 16.5. The smallest absolute Gasteiger partial charge is 0.305 e. The fraction of sp³-hybridized carbons (Fsp3) is 0.300. The molecule has 0 amide bonds. The van der Waals surface area contributed by atoms with Crippen molar-refractivity contribution in [3.63, 3.8) is 0 Å². The molecule has 0 fully saturated rings. The van der Waals surface area contributed by atoms with Crippen molar-refractivity contribution < 1.29 is 14.6 Å². The predicted octanol–water partition coefficient (Wildman–Crippen LogP) is 1.26. The van der Waals surface area contributed by atoms with Gasteiger partial charge in [0.15, 0.2) is 0 Å². The second-order valence-electron chi connectivity index (χ2n) is 2.90. The molecule has 1 aromatic rings. The molecule has 1 rings (SSSR count). The topological polar surface area (TPSA) is 72.5 Å². The molecule has 0 saturated heterocycles. The van der Waals surface area contributed by atoms with Crippen LogP contribution in [-0.4, -0.2) is 17.7 Å². The lowest BCUT2D eigenvalue weighted by Gasteiger charge is -2.05. The molecule has 0 saturated carbocycles. The summed E-state index contributed by atoms with van der Waals surface area (Å²) in [4.78, 5) is 10.2. The summed E-state index contributed by atoms with van der Waals surface area (Å²) in [6.07, 6.45) is 0.0206. The van der Waals surface area contributed by atoms with Crippen LogP contribution < -0.4 is 5.73 Å². The Morgan fingerprint density at radius 3 is 2.79 bits per heavy atom. The highest BCUT2D eigenvalue weighted by Gasteiger charge is 1.99. The van der Waals surface area contributed by atoms with E-state index in [4.69, 9.17) is 15.6 Å². The van der Waals surface area contributed by atoms with Crippen LogP contribution >= 0.6 is 0 Å². The molecule has 0 atom stereocenters. The number of carbonyl (C=O) groups is 1. The number of aliphatic carboxylic acids is 1. The number of nitrogen functional groups attached to an aromatic ring is 1. The summed E-state index contributed by atoms with van der Waals surface area (Å²) in [7, 11) is 0. The number of ether oxygens (including phenoxy) is 1. The minimum atomic E-state index is -0.856. The van der Waals surface area contributed by atoms with Crippen LogP contribution in [0.25, 0.3) is 0 Å². The second-order valence-corrected chi connectivity index (χ2v) is 2.90. The maximum atomic E-state index is 10.2. The maximum absolute atomic E-state index is 10.2. The number of para-hydroxylation sites is 1. The SMILES string of the molecule is Nc1ccccc1COCCC(=O)O. The van der Waals surface area contributed by atoms with Crippen LogP contribution in [0.1, 0.15) is 12.0 Å². The van der Waals surface area contributed by atoms with Crippen molar-refractivity contribution in [1.82, 2.24) is 0 Å². The molecule has 0 bridgehead atoms. The lowest BCUT2D eigenvalue weighted by molar-refractivity contribution is -0.138. The first-order valence-corrected chi connectivity index (χ1v) is 4.33. The van der Waals surface area contributed by atoms with Crippen LogP contribution in [0.4, 0.5) is 5.69 Å². The van der Waals surface area contributed by atoms with Crippen LogP contribution in [-0.2, 0) is 16.1 Å². The van der Waals surface area contributed by atoms with E-state index in [-0.39, 0.29) is 13.0 Å². The number of benzene rings is 1. The van der Waals surface area contributed by atoms with Crippen molar-refractivity contribution in [2.24, 2.45) is 0 Å². The molecular weight excluding hydrogens is 182 g/mol. The number of anilines is 1. The molecule has 0 radical (unpaired) electrons. The Hall–Kier alpha value is -1.55. The number of carboxylic acids is 1. The third-order valence-electron chi connectivity index (χ3n) is 1.77. The van der Waals surface area contributed by atoms with Gasteiger partial charge in [0.25, 0.3) is 0 Å². The Labute approximate surface area is 82.3 Å². The number of hydrogen-bond donors (Lipinski definition) is 2. The van der Waals surface area contributed by atoms with Gasteiger partial charge in [0, 0.05) is 11.3 Å². The summed E-state index contributed by atoms with van der Waals surface area (Å²) < 4.78 is 5.15. The molecule has 0 aliphatic rings. The van der Waals surface area contributed by atoms with E-state index >= 15 is 0 Å². The van der Waals surface area contributed by atoms with E-state index in [9.17, 15) is 4.79 Å². The zero-order valence-corrected chi connectivity index (χ0v) is 7.77. The highest BCUT2D eigenvalue weighted by Crippen LogP contribution is 2.11. The van der Waals surface area contributed by atoms with Crippen LogP contribution in [0, 0.1) is 0 Å². The summed E-state index contributed by atoms with van der Waals surface area (Å²) in [5.74, 6) is -0.856. The van der Waals surface area contributed by atoms with Gasteiger partial charge in [-0.15, -0.1) is 0 Å². The summed E-state index contributed by atoms with van der Waals surface area (Å²) in [5, 5.41) is 8.36. The third-order valence-corrected chi connectivity index (χ3v) is 1.77. The molecule has 3 N–H and O–H groups in total. The monoisotopic (exact) mass is 195 g/mol. The molecule has 4 heteroatoms. The van der Waals surface area contributed by atoms with Crippen LogP contribution in [0.3, 0.4) is 0 Å². The largest absolute Gasteiger partial charge is 0.481 e. The van der Waals surface area contributed by atoms with Crippen molar-refractivity contribution in [2.45, 2.75) is 13.0 Å². The van der Waals surface area contributed by atoms with Gasteiger partial charge >= 0.3 is 5.97 Å². The molecular formula is C10H13NO3. The fourth-order valence-electron chi connectivity index (χ4n) is 1.01. The lowest BCUT2D eigenvalue weighted by atomic mass is 10.2. The van der Waals surface area contributed by atoms with Gasteiger partial charge in [-0.05, 0) is 6.07 Å². The van der Waals surface area contributed by atoms with Gasteiger partial charge in [-0.2, -0.15) is 0 Å². The zero-order chi connectivity index (χ0) is 10.4. The molecule has 0 aromatic heterocycles.